The van der Waals surface area contributed by atoms with Crippen LogP contribution in [0.15, 0.2) is 24.4 Å². The SMILES string of the molecule is C#Cc1ccc(Cc2cnn(C(C)C)c2C)c(F)c1. The van der Waals surface area contributed by atoms with E-state index in [1.807, 2.05) is 17.8 Å². The fraction of sp³-hybridized carbons (Fsp3) is 0.312. The lowest BCUT2D eigenvalue weighted by molar-refractivity contribution is 0.518. The summed E-state index contributed by atoms with van der Waals surface area (Å²) in [5, 5.41) is 4.34. The first-order valence-electron chi connectivity index (χ1n) is 6.31. The first-order valence-corrected chi connectivity index (χ1v) is 6.31. The van der Waals surface area contributed by atoms with Crippen LogP contribution in [0.2, 0.25) is 0 Å². The van der Waals surface area contributed by atoms with E-state index in [0.717, 1.165) is 11.3 Å². The molecule has 2 nitrogen and oxygen atoms in total. The molecule has 0 unspecified atom stereocenters. The maximum absolute atomic E-state index is 13.9. The van der Waals surface area contributed by atoms with E-state index in [0.29, 0.717) is 23.6 Å². The molecule has 0 fully saturated rings. The van der Waals surface area contributed by atoms with Crippen LogP contribution in [0, 0.1) is 25.1 Å². The molecule has 0 saturated heterocycles. The molecule has 0 radical (unpaired) electrons. The van der Waals surface area contributed by atoms with Crippen molar-refractivity contribution in [3.05, 3.63) is 52.6 Å². The van der Waals surface area contributed by atoms with Crippen LogP contribution in [0.4, 0.5) is 4.39 Å². The molecule has 1 aromatic heterocycles. The van der Waals surface area contributed by atoms with E-state index in [4.69, 9.17) is 6.42 Å². The Morgan fingerprint density at radius 1 is 1.37 bits per heavy atom. The fourth-order valence-electron chi connectivity index (χ4n) is 2.14. The zero-order valence-electron chi connectivity index (χ0n) is 11.4. The lowest BCUT2D eigenvalue weighted by Gasteiger charge is -2.09. The van der Waals surface area contributed by atoms with Crippen molar-refractivity contribution in [2.45, 2.75) is 33.2 Å². The van der Waals surface area contributed by atoms with Gasteiger partial charge in [0.2, 0.25) is 0 Å². The lowest BCUT2D eigenvalue weighted by Crippen LogP contribution is -2.05. The smallest absolute Gasteiger partial charge is 0.127 e. The third-order valence-electron chi connectivity index (χ3n) is 3.24. The third kappa shape index (κ3) is 2.68. The van der Waals surface area contributed by atoms with Crippen LogP contribution in [0.25, 0.3) is 0 Å². The molecular formula is C16H17FN2. The van der Waals surface area contributed by atoms with Crippen molar-refractivity contribution in [2.24, 2.45) is 0 Å². The van der Waals surface area contributed by atoms with Crippen LogP contribution in [0.5, 0.6) is 0 Å². The summed E-state index contributed by atoms with van der Waals surface area (Å²) in [6, 6.07) is 5.22. The zero-order valence-corrected chi connectivity index (χ0v) is 11.4. The van der Waals surface area contributed by atoms with E-state index in [1.54, 1.807) is 12.1 Å². The first kappa shape index (κ1) is 13.4. The number of hydrogen-bond acceptors (Lipinski definition) is 1. The van der Waals surface area contributed by atoms with Gasteiger partial charge < -0.3 is 0 Å². The van der Waals surface area contributed by atoms with Crippen LogP contribution in [-0.4, -0.2) is 9.78 Å². The minimum absolute atomic E-state index is 0.257. The standard InChI is InChI=1S/C16H17FN2/c1-5-13-6-7-14(16(17)8-13)9-15-10-18-19(11(2)3)12(15)4/h1,6-8,10-11H,9H2,2-4H3. The van der Waals surface area contributed by atoms with Gasteiger partial charge in [0, 0.05) is 23.7 Å². The quantitative estimate of drug-likeness (QED) is 0.769. The van der Waals surface area contributed by atoms with Crippen molar-refractivity contribution < 1.29 is 4.39 Å². The van der Waals surface area contributed by atoms with E-state index in [1.165, 1.54) is 6.07 Å². The summed E-state index contributed by atoms with van der Waals surface area (Å²) >= 11 is 0. The normalized spacial score (nSPS) is 10.7. The van der Waals surface area contributed by atoms with Crippen molar-refractivity contribution in [3.8, 4) is 12.3 Å². The predicted molar refractivity (Wildman–Crippen MR) is 74.5 cm³/mol. The number of terminal acetylenes is 1. The molecule has 1 heterocycles. The summed E-state index contributed by atoms with van der Waals surface area (Å²) in [6.07, 6.45) is 7.60. The van der Waals surface area contributed by atoms with Crippen molar-refractivity contribution in [1.82, 2.24) is 9.78 Å². The minimum atomic E-state index is -0.257. The molecule has 0 spiro atoms. The molecule has 1 aromatic carbocycles. The predicted octanol–water partition coefficient (Wildman–Crippen LogP) is 3.48. The molecule has 0 aliphatic carbocycles. The van der Waals surface area contributed by atoms with Gasteiger partial charge in [-0.3, -0.25) is 4.68 Å². The largest absolute Gasteiger partial charge is 0.267 e. The Kier molecular flexibility index (Phi) is 3.71. The van der Waals surface area contributed by atoms with Crippen molar-refractivity contribution in [3.63, 3.8) is 0 Å². The highest BCUT2D eigenvalue weighted by Crippen LogP contribution is 2.19. The number of rotatable bonds is 3. The number of nitrogens with zero attached hydrogens (tertiary/aromatic N) is 2. The Bertz CT molecular complexity index is 633. The van der Waals surface area contributed by atoms with Gasteiger partial charge in [0.15, 0.2) is 0 Å². The van der Waals surface area contributed by atoms with Crippen LogP contribution in [0.1, 0.15) is 42.3 Å². The lowest BCUT2D eigenvalue weighted by atomic mass is 10.0. The number of benzene rings is 1. The van der Waals surface area contributed by atoms with E-state index < -0.39 is 0 Å². The Hall–Kier alpha value is -2.08. The van der Waals surface area contributed by atoms with E-state index in [2.05, 4.69) is 24.9 Å². The molecule has 19 heavy (non-hydrogen) atoms. The summed E-state index contributed by atoms with van der Waals surface area (Å²) in [4.78, 5) is 0. The van der Waals surface area contributed by atoms with Gasteiger partial charge in [-0.15, -0.1) is 6.42 Å². The number of hydrogen-bond donors (Lipinski definition) is 0. The van der Waals surface area contributed by atoms with Crippen LogP contribution >= 0.6 is 0 Å². The summed E-state index contributed by atoms with van der Waals surface area (Å²) in [5.74, 6) is 2.18. The molecule has 0 bridgehead atoms. The maximum Gasteiger partial charge on any atom is 0.127 e. The number of halogens is 1. The molecule has 0 saturated carbocycles. The highest BCUT2D eigenvalue weighted by atomic mass is 19.1. The summed E-state index contributed by atoms with van der Waals surface area (Å²) in [7, 11) is 0. The van der Waals surface area contributed by atoms with Crippen LogP contribution < -0.4 is 0 Å². The molecule has 0 amide bonds. The highest BCUT2D eigenvalue weighted by molar-refractivity contribution is 5.37. The zero-order chi connectivity index (χ0) is 14.0. The van der Waals surface area contributed by atoms with Crippen molar-refractivity contribution >= 4 is 0 Å². The average Bonchev–Trinajstić information content (AvgIpc) is 2.73. The Morgan fingerprint density at radius 2 is 2.11 bits per heavy atom. The Balaban J connectivity index is 2.29. The molecule has 2 rings (SSSR count). The van der Waals surface area contributed by atoms with E-state index in [-0.39, 0.29) is 5.82 Å². The van der Waals surface area contributed by atoms with Gasteiger partial charge in [-0.1, -0.05) is 12.0 Å². The van der Waals surface area contributed by atoms with Gasteiger partial charge in [-0.25, -0.2) is 4.39 Å². The second-order valence-electron chi connectivity index (χ2n) is 4.92. The van der Waals surface area contributed by atoms with E-state index in [9.17, 15) is 4.39 Å². The van der Waals surface area contributed by atoms with Gasteiger partial charge in [0.1, 0.15) is 5.82 Å². The fourth-order valence-corrected chi connectivity index (χ4v) is 2.14. The van der Waals surface area contributed by atoms with Gasteiger partial charge in [-0.05, 0) is 44.0 Å². The van der Waals surface area contributed by atoms with Crippen LogP contribution in [0.3, 0.4) is 0 Å². The number of aromatic nitrogens is 2. The molecule has 0 aliphatic rings. The van der Waals surface area contributed by atoms with Crippen molar-refractivity contribution in [1.29, 1.82) is 0 Å². The minimum Gasteiger partial charge on any atom is -0.267 e. The van der Waals surface area contributed by atoms with Gasteiger partial charge in [-0.2, -0.15) is 5.10 Å². The Labute approximate surface area is 113 Å². The highest BCUT2D eigenvalue weighted by Gasteiger charge is 2.11. The monoisotopic (exact) mass is 256 g/mol. The third-order valence-corrected chi connectivity index (χ3v) is 3.24. The molecule has 98 valence electrons. The second kappa shape index (κ2) is 5.27. The Morgan fingerprint density at radius 3 is 2.63 bits per heavy atom. The van der Waals surface area contributed by atoms with Gasteiger partial charge in [0.05, 0.1) is 6.20 Å². The summed E-state index contributed by atoms with van der Waals surface area (Å²) in [5.41, 5.74) is 3.33. The van der Waals surface area contributed by atoms with Crippen molar-refractivity contribution in [2.75, 3.05) is 0 Å². The topological polar surface area (TPSA) is 17.8 Å². The molecule has 0 aliphatic heterocycles. The van der Waals surface area contributed by atoms with E-state index >= 15 is 0 Å². The molecular weight excluding hydrogens is 239 g/mol. The molecule has 0 atom stereocenters. The molecule has 0 N–H and O–H groups in total. The summed E-state index contributed by atoms with van der Waals surface area (Å²) < 4.78 is 15.8. The maximum atomic E-state index is 13.9. The molecule has 3 heteroatoms. The summed E-state index contributed by atoms with van der Waals surface area (Å²) in [6.45, 7) is 6.16. The van der Waals surface area contributed by atoms with Crippen LogP contribution in [-0.2, 0) is 6.42 Å². The van der Waals surface area contributed by atoms with Gasteiger partial charge in [0.25, 0.3) is 0 Å². The first-order chi connectivity index (χ1) is 9.02. The van der Waals surface area contributed by atoms with Gasteiger partial charge >= 0.3 is 0 Å². The average molecular weight is 256 g/mol. The molecule has 2 aromatic rings. The second-order valence-corrected chi connectivity index (χ2v) is 4.92.